The molecule has 2 amide bonds. The van der Waals surface area contributed by atoms with Gasteiger partial charge in [-0.3, -0.25) is 0 Å². The van der Waals surface area contributed by atoms with E-state index in [0.717, 1.165) is 6.07 Å². The van der Waals surface area contributed by atoms with Crippen LogP contribution in [0.1, 0.15) is 20.8 Å². The van der Waals surface area contributed by atoms with Crippen LogP contribution in [0.2, 0.25) is 0 Å². The summed E-state index contributed by atoms with van der Waals surface area (Å²) in [5, 5.41) is 15.6. The number of nitrogens with zero attached hydrogens (tertiary/aromatic N) is 3. The number of aromatic nitrogens is 2. The Morgan fingerprint density at radius 2 is 1.85 bits per heavy atom. The van der Waals surface area contributed by atoms with Crippen molar-refractivity contribution in [2.75, 3.05) is 22.6 Å². The van der Waals surface area contributed by atoms with Crippen LogP contribution in [-0.4, -0.2) is 39.9 Å². The highest BCUT2D eigenvalue weighted by molar-refractivity contribution is 6.06. The lowest BCUT2D eigenvalue weighted by molar-refractivity contribution is 0.0646. The fourth-order valence-corrected chi connectivity index (χ4v) is 2.77. The largest absolute Gasteiger partial charge is 0.497 e. The Morgan fingerprint density at radius 3 is 2.48 bits per heavy atom. The van der Waals surface area contributed by atoms with Crippen molar-refractivity contribution in [2.24, 2.45) is 0 Å². The van der Waals surface area contributed by atoms with Gasteiger partial charge in [-0.25, -0.2) is 23.5 Å². The molecule has 0 saturated heterocycles. The Hall–Kier alpha value is -3.79. The Labute approximate surface area is 190 Å². The highest BCUT2D eigenvalue weighted by atomic mass is 19.2. The van der Waals surface area contributed by atoms with Gasteiger partial charge in [0, 0.05) is 12.3 Å². The molecule has 0 fully saturated rings. The average Bonchev–Trinajstić information content (AvgIpc) is 2.77. The standard InChI is InChI=1S/C23H25F2N5O3/c1-14(23(2,3)32)27-21-26-13-12-19(29-21)30(15-8-10-16(33-4)11-9-15)22(31)28-18-7-5-6-17(24)20(18)25/h5-14,32H,1-4H3,(H,28,31)(H,26,27,29)/t14-/m0/s1. The zero-order chi connectivity index (χ0) is 24.2. The van der Waals surface area contributed by atoms with Gasteiger partial charge >= 0.3 is 6.03 Å². The first-order chi connectivity index (χ1) is 15.6. The zero-order valence-electron chi connectivity index (χ0n) is 18.6. The van der Waals surface area contributed by atoms with Crippen LogP contribution >= 0.6 is 0 Å². The van der Waals surface area contributed by atoms with Crippen LogP contribution in [-0.2, 0) is 0 Å². The Kier molecular flexibility index (Phi) is 7.07. The predicted molar refractivity (Wildman–Crippen MR) is 122 cm³/mol. The van der Waals surface area contributed by atoms with Gasteiger partial charge in [0.2, 0.25) is 5.95 Å². The molecule has 0 aliphatic carbocycles. The van der Waals surface area contributed by atoms with Gasteiger partial charge in [0.1, 0.15) is 11.6 Å². The van der Waals surface area contributed by atoms with Crippen LogP contribution < -0.4 is 20.3 Å². The van der Waals surface area contributed by atoms with Gasteiger partial charge in [0.15, 0.2) is 11.6 Å². The Balaban J connectivity index is 1.99. The van der Waals surface area contributed by atoms with Gasteiger partial charge in [-0.2, -0.15) is 4.98 Å². The van der Waals surface area contributed by atoms with Gasteiger partial charge in [-0.15, -0.1) is 0 Å². The van der Waals surface area contributed by atoms with E-state index in [4.69, 9.17) is 4.74 Å². The fraction of sp³-hybridized carbons (Fsp3) is 0.261. The molecule has 0 aliphatic heterocycles. The molecule has 0 saturated carbocycles. The molecule has 8 nitrogen and oxygen atoms in total. The summed E-state index contributed by atoms with van der Waals surface area (Å²) in [6, 6.07) is 10.3. The van der Waals surface area contributed by atoms with Crippen molar-refractivity contribution < 1.29 is 23.4 Å². The number of halogens is 2. The van der Waals surface area contributed by atoms with E-state index >= 15 is 0 Å². The predicted octanol–water partition coefficient (Wildman–Crippen LogP) is 4.70. The summed E-state index contributed by atoms with van der Waals surface area (Å²) in [5.74, 6) is -1.36. The van der Waals surface area contributed by atoms with E-state index in [1.807, 2.05) is 0 Å². The second kappa shape index (κ2) is 9.78. The lowest BCUT2D eigenvalue weighted by atomic mass is 10.0. The molecule has 33 heavy (non-hydrogen) atoms. The number of carbonyl (C=O) groups is 1. The van der Waals surface area contributed by atoms with Crippen LogP contribution in [0, 0.1) is 11.6 Å². The fourth-order valence-electron chi connectivity index (χ4n) is 2.77. The highest BCUT2D eigenvalue weighted by Crippen LogP contribution is 2.28. The van der Waals surface area contributed by atoms with Crippen LogP contribution in [0.25, 0.3) is 0 Å². The maximum atomic E-state index is 14.2. The minimum absolute atomic E-state index is 0.162. The summed E-state index contributed by atoms with van der Waals surface area (Å²) >= 11 is 0. The number of hydrogen-bond acceptors (Lipinski definition) is 6. The van der Waals surface area contributed by atoms with Crippen LogP contribution in [0.3, 0.4) is 0 Å². The molecule has 174 valence electrons. The van der Waals surface area contributed by atoms with Crippen molar-refractivity contribution >= 4 is 29.2 Å². The first kappa shape index (κ1) is 23.9. The normalized spacial score (nSPS) is 12.1. The molecule has 0 radical (unpaired) electrons. The lowest BCUT2D eigenvalue weighted by Gasteiger charge is -2.27. The number of benzene rings is 2. The summed E-state index contributed by atoms with van der Waals surface area (Å²) in [4.78, 5) is 22.9. The molecule has 1 atom stereocenters. The van der Waals surface area contributed by atoms with Gasteiger partial charge in [-0.1, -0.05) is 6.07 Å². The van der Waals surface area contributed by atoms with Gasteiger partial charge in [0.05, 0.1) is 30.1 Å². The molecule has 3 N–H and O–H groups in total. The number of methoxy groups -OCH3 is 1. The van der Waals surface area contributed by atoms with Crippen molar-refractivity contribution in [1.29, 1.82) is 0 Å². The van der Waals surface area contributed by atoms with Crippen molar-refractivity contribution in [3.8, 4) is 5.75 Å². The third-order valence-corrected chi connectivity index (χ3v) is 5.00. The van der Waals surface area contributed by atoms with Crippen molar-refractivity contribution in [3.05, 3.63) is 66.4 Å². The van der Waals surface area contributed by atoms with Gasteiger partial charge in [-0.05, 0) is 57.2 Å². The molecule has 0 bridgehead atoms. The van der Waals surface area contributed by atoms with Crippen LogP contribution in [0.5, 0.6) is 5.75 Å². The van der Waals surface area contributed by atoms with Crippen molar-refractivity contribution in [3.63, 3.8) is 0 Å². The molecule has 0 aliphatic rings. The quantitative estimate of drug-likeness (QED) is 0.475. The SMILES string of the molecule is COc1ccc(N(C(=O)Nc2cccc(F)c2F)c2ccnc(N[C@@H](C)C(C)(C)O)n2)cc1. The van der Waals surface area contributed by atoms with E-state index in [1.54, 1.807) is 45.0 Å². The molecule has 3 aromatic rings. The zero-order valence-corrected chi connectivity index (χ0v) is 18.6. The third kappa shape index (κ3) is 5.72. The topological polar surface area (TPSA) is 99.6 Å². The number of anilines is 4. The molecule has 1 aromatic heterocycles. The number of nitrogens with one attached hydrogen (secondary N) is 2. The molecule has 0 spiro atoms. The molecule has 10 heteroatoms. The first-order valence-corrected chi connectivity index (χ1v) is 10.1. The first-order valence-electron chi connectivity index (χ1n) is 10.1. The van der Waals surface area contributed by atoms with E-state index in [1.165, 1.54) is 36.4 Å². The number of aliphatic hydroxyl groups is 1. The van der Waals surface area contributed by atoms with E-state index < -0.39 is 29.3 Å². The molecule has 0 unspecified atom stereocenters. The molecule has 2 aromatic carbocycles. The minimum Gasteiger partial charge on any atom is -0.497 e. The number of amides is 2. The molecule has 3 rings (SSSR count). The monoisotopic (exact) mass is 457 g/mol. The smallest absolute Gasteiger partial charge is 0.332 e. The molecule has 1 heterocycles. The average molecular weight is 457 g/mol. The van der Waals surface area contributed by atoms with Gasteiger partial charge < -0.3 is 20.5 Å². The number of urea groups is 1. The van der Waals surface area contributed by atoms with Crippen molar-refractivity contribution in [1.82, 2.24) is 9.97 Å². The van der Waals surface area contributed by atoms with Crippen LogP contribution in [0.4, 0.5) is 36.7 Å². The third-order valence-electron chi connectivity index (χ3n) is 5.00. The van der Waals surface area contributed by atoms with E-state index in [-0.39, 0.29) is 17.5 Å². The van der Waals surface area contributed by atoms with E-state index in [9.17, 15) is 18.7 Å². The number of hydrogen-bond donors (Lipinski definition) is 3. The lowest BCUT2D eigenvalue weighted by Crippen LogP contribution is -2.40. The summed E-state index contributed by atoms with van der Waals surface area (Å²) < 4.78 is 33.0. The minimum atomic E-state index is -1.18. The number of ether oxygens (including phenoxy) is 1. The molecular formula is C23H25F2N5O3. The highest BCUT2D eigenvalue weighted by Gasteiger charge is 2.25. The van der Waals surface area contributed by atoms with E-state index in [0.29, 0.717) is 11.4 Å². The second-order valence-corrected chi connectivity index (χ2v) is 7.82. The number of rotatable bonds is 7. The van der Waals surface area contributed by atoms with Crippen LogP contribution in [0.15, 0.2) is 54.7 Å². The van der Waals surface area contributed by atoms with Crippen molar-refractivity contribution in [2.45, 2.75) is 32.4 Å². The maximum Gasteiger partial charge on any atom is 0.332 e. The number of carbonyl (C=O) groups excluding carboxylic acids is 1. The molecular weight excluding hydrogens is 432 g/mol. The van der Waals surface area contributed by atoms with Gasteiger partial charge in [0.25, 0.3) is 0 Å². The second-order valence-electron chi connectivity index (χ2n) is 7.82. The van der Waals surface area contributed by atoms with E-state index in [2.05, 4.69) is 20.6 Å². The summed E-state index contributed by atoms with van der Waals surface area (Å²) in [6.45, 7) is 5.04. The summed E-state index contributed by atoms with van der Waals surface area (Å²) in [6.07, 6.45) is 1.44. The maximum absolute atomic E-state index is 14.2. The summed E-state index contributed by atoms with van der Waals surface area (Å²) in [5.41, 5.74) is -0.978. The Bertz CT molecular complexity index is 1120. The summed E-state index contributed by atoms with van der Waals surface area (Å²) in [7, 11) is 1.51. The Morgan fingerprint density at radius 1 is 1.15 bits per heavy atom.